The lowest BCUT2D eigenvalue weighted by Crippen LogP contribution is -2.26. The molecule has 20 heavy (non-hydrogen) atoms. The third kappa shape index (κ3) is 3.39. The number of likely N-dealkylation sites (tertiary alicyclic amines) is 1. The van der Waals surface area contributed by atoms with Crippen molar-refractivity contribution in [1.82, 2.24) is 4.90 Å². The molecule has 1 aromatic carbocycles. The van der Waals surface area contributed by atoms with Crippen LogP contribution >= 0.6 is 0 Å². The molecule has 1 aromatic rings. The Morgan fingerprint density at radius 2 is 2.40 bits per heavy atom. The Labute approximate surface area is 117 Å². The van der Waals surface area contributed by atoms with E-state index in [1.165, 1.54) is 25.0 Å². The summed E-state index contributed by atoms with van der Waals surface area (Å²) in [5.41, 5.74) is 5.73. The fourth-order valence-electron chi connectivity index (χ4n) is 2.48. The molecule has 0 aromatic heterocycles. The van der Waals surface area contributed by atoms with Crippen molar-refractivity contribution >= 4 is 5.84 Å². The average molecular weight is 281 g/mol. The number of oxime groups is 1. The van der Waals surface area contributed by atoms with Gasteiger partial charge in [-0.1, -0.05) is 5.16 Å². The molecule has 1 heterocycles. The Morgan fingerprint density at radius 3 is 3.00 bits per heavy atom. The van der Waals surface area contributed by atoms with E-state index in [0.29, 0.717) is 18.2 Å². The van der Waals surface area contributed by atoms with Crippen LogP contribution in [0.1, 0.15) is 24.8 Å². The molecular formula is C14H20FN3O2. The summed E-state index contributed by atoms with van der Waals surface area (Å²) in [5, 5.41) is 11.4. The lowest BCUT2D eigenvalue weighted by atomic mass is 10.1. The molecule has 1 aliphatic rings. The smallest absolute Gasteiger partial charge is 0.170 e. The van der Waals surface area contributed by atoms with Crippen molar-refractivity contribution in [1.29, 1.82) is 0 Å². The van der Waals surface area contributed by atoms with E-state index in [2.05, 4.69) is 17.1 Å². The molecule has 110 valence electrons. The molecule has 5 nitrogen and oxygen atoms in total. The monoisotopic (exact) mass is 281 g/mol. The predicted molar refractivity (Wildman–Crippen MR) is 74.7 cm³/mol. The number of rotatable bonds is 5. The van der Waals surface area contributed by atoms with Crippen LogP contribution in [0.5, 0.6) is 5.75 Å². The molecule has 1 aliphatic heterocycles. The summed E-state index contributed by atoms with van der Waals surface area (Å²) >= 11 is 0. The molecular weight excluding hydrogens is 261 g/mol. The highest BCUT2D eigenvalue weighted by Crippen LogP contribution is 2.21. The second-order valence-corrected chi connectivity index (χ2v) is 5.04. The first-order valence-corrected chi connectivity index (χ1v) is 6.72. The highest BCUT2D eigenvalue weighted by atomic mass is 19.1. The summed E-state index contributed by atoms with van der Waals surface area (Å²) in [6, 6.07) is 4.79. The minimum Gasteiger partial charge on any atom is -0.490 e. The topological polar surface area (TPSA) is 71.1 Å². The summed E-state index contributed by atoms with van der Waals surface area (Å²) in [4.78, 5) is 2.31. The number of hydrogen-bond donors (Lipinski definition) is 2. The van der Waals surface area contributed by atoms with E-state index in [-0.39, 0.29) is 11.6 Å². The number of nitrogens with two attached hydrogens (primary N) is 1. The van der Waals surface area contributed by atoms with Crippen LogP contribution in [0.25, 0.3) is 0 Å². The zero-order chi connectivity index (χ0) is 14.5. The highest BCUT2D eigenvalue weighted by Gasteiger charge is 2.20. The predicted octanol–water partition coefficient (Wildman–Crippen LogP) is 1.78. The Kier molecular flexibility index (Phi) is 4.79. The first-order chi connectivity index (χ1) is 9.61. The summed E-state index contributed by atoms with van der Waals surface area (Å²) in [5.74, 6) is -0.433. The Morgan fingerprint density at radius 1 is 1.60 bits per heavy atom. The lowest BCUT2D eigenvalue weighted by molar-refractivity contribution is 0.228. The van der Waals surface area contributed by atoms with Gasteiger partial charge in [0.25, 0.3) is 0 Å². The van der Waals surface area contributed by atoms with E-state index < -0.39 is 5.82 Å². The first kappa shape index (κ1) is 14.6. The molecule has 0 aliphatic carbocycles. The van der Waals surface area contributed by atoms with Crippen LogP contribution in [0, 0.1) is 5.82 Å². The van der Waals surface area contributed by atoms with Crippen molar-refractivity contribution in [2.75, 3.05) is 20.2 Å². The molecule has 0 spiro atoms. The van der Waals surface area contributed by atoms with Crippen molar-refractivity contribution in [3.05, 3.63) is 29.6 Å². The first-order valence-electron chi connectivity index (χ1n) is 6.72. The SMILES string of the molecule is CN1CCCC1CCOc1ccc(/C(N)=N/O)cc1F. The molecule has 1 saturated heterocycles. The van der Waals surface area contributed by atoms with Crippen molar-refractivity contribution in [3.63, 3.8) is 0 Å². The van der Waals surface area contributed by atoms with Gasteiger partial charge in [0.2, 0.25) is 0 Å². The molecule has 0 radical (unpaired) electrons. The highest BCUT2D eigenvalue weighted by molar-refractivity contribution is 5.97. The van der Waals surface area contributed by atoms with Crippen molar-refractivity contribution < 1.29 is 14.3 Å². The van der Waals surface area contributed by atoms with E-state index in [1.54, 1.807) is 6.07 Å². The maximum atomic E-state index is 13.8. The van der Waals surface area contributed by atoms with Gasteiger partial charge < -0.3 is 20.6 Å². The minimum absolute atomic E-state index is 0.122. The number of ether oxygens (including phenoxy) is 1. The van der Waals surface area contributed by atoms with E-state index in [9.17, 15) is 4.39 Å². The second kappa shape index (κ2) is 6.56. The summed E-state index contributed by atoms with van der Waals surface area (Å²) in [6.07, 6.45) is 3.27. The molecule has 1 fully saturated rings. The van der Waals surface area contributed by atoms with Crippen LogP contribution in [0.15, 0.2) is 23.4 Å². The fourth-order valence-corrected chi connectivity index (χ4v) is 2.48. The van der Waals surface area contributed by atoms with Gasteiger partial charge in [0, 0.05) is 11.6 Å². The number of benzene rings is 1. The van der Waals surface area contributed by atoms with Crippen LogP contribution in [-0.2, 0) is 0 Å². The molecule has 1 unspecified atom stereocenters. The molecule has 3 N–H and O–H groups in total. The van der Waals surface area contributed by atoms with Gasteiger partial charge in [0.15, 0.2) is 17.4 Å². The van der Waals surface area contributed by atoms with Gasteiger partial charge in [-0.05, 0) is 51.1 Å². The summed E-state index contributed by atoms with van der Waals surface area (Å²) in [6.45, 7) is 1.60. The zero-order valence-corrected chi connectivity index (χ0v) is 11.6. The normalized spacial score (nSPS) is 20.3. The van der Waals surface area contributed by atoms with Crippen LogP contribution < -0.4 is 10.5 Å². The largest absolute Gasteiger partial charge is 0.490 e. The summed E-state index contributed by atoms with van der Waals surface area (Å²) < 4.78 is 19.3. The van der Waals surface area contributed by atoms with Gasteiger partial charge in [-0.3, -0.25) is 0 Å². The number of halogens is 1. The molecule has 6 heteroatoms. The number of hydrogen-bond acceptors (Lipinski definition) is 4. The second-order valence-electron chi connectivity index (χ2n) is 5.04. The quantitative estimate of drug-likeness (QED) is 0.373. The third-order valence-electron chi connectivity index (χ3n) is 3.72. The van der Waals surface area contributed by atoms with Crippen molar-refractivity contribution in [3.8, 4) is 5.75 Å². The molecule has 0 bridgehead atoms. The average Bonchev–Trinajstić information content (AvgIpc) is 2.85. The van der Waals surface area contributed by atoms with E-state index in [1.807, 2.05) is 0 Å². The van der Waals surface area contributed by atoms with Gasteiger partial charge in [-0.25, -0.2) is 4.39 Å². The van der Waals surface area contributed by atoms with Crippen LogP contribution in [0.3, 0.4) is 0 Å². The standard InChI is InChI=1S/C14H20FN3O2/c1-18-7-2-3-11(18)6-8-20-13-5-4-10(9-12(13)15)14(16)17-19/h4-5,9,11,19H,2-3,6-8H2,1H3,(H2,16,17). The van der Waals surface area contributed by atoms with Crippen LogP contribution in [0.2, 0.25) is 0 Å². The lowest BCUT2D eigenvalue weighted by Gasteiger charge is -2.19. The Hall–Kier alpha value is -1.82. The fraction of sp³-hybridized carbons (Fsp3) is 0.500. The van der Waals surface area contributed by atoms with Gasteiger partial charge in [-0.15, -0.1) is 0 Å². The molecule has 0 amide bonds. The molecule has 0 saturated carbocycles. The van der Waals surface area contributed by atoms with Gasteiger partial charge in [-0.2, -0.15) is 0 Å². The summed E-state index contributed by atoms with van der Waals surface area (Å²) in [7, 11) is 2.10. The number of nitrogens with zero attached hydrogens (tertiary/aromatic N) is 2. The van der Waals surface area contributed by atoms with Gasteiger partial charge in [0.1, 0.15) is 0 Å². The number of amidine groups is 1. The Balaban J connectivity index is 1.90. The van der Waals surface area contributed by atoms with Crippen LogP contribution in [0.4, 0.5) is 4.39 Å². The van der Waals surface area contributed by atoms with Gasteiger partial charge >= 0.3 is 0 Å². The van der Waals surface area contributed by atoms with Crippen molar-refractivity contribution in [2.45, 2.75) is 25.3 Å². The van der Waals surface area contributed by atoms with E-state index in [0.717, 1.165) is 13.0 Å². The molecule has 1 atom stereocenters. The minimum atomic E-state index is -0.506. The maximum Gasteiger partial charge on any atom is 0.170 e. The van der Waals surface area contributed by atoms with Crippen molar-refractivity contribution in [2.24, 2.45) is 10.9 Å². The van der Waals surface area contributed by atoms with Crippen LogP contribution in [-0.4, -0.2) is 42.2 Å². The molecule has 2 rings (SSSR count). The zero-order valence-electron chi connectivity index (χ0n) is 11.6. The third-order valence-corrected chi connectivity index (χ3v) is 3.72. The van der Waals surface area contributed by atoms with Gasteiger partial charge in [0.05, 0.1) is 6.61 Å². The maximum absolute atomic E-state index is 13.8. The van der Waals surface area contributed by atoms with E-state index >= 15 is 0 Å². The Bertz CT molecular complexity index is 493. The van der Waals surface area contributed by atoms with E-state index in [4.69, 9.17) is 15.7 Å².